The first-order chi connectivity index (χ1) is 19.2. The molecule has 9 heteroatoms. The van der Waals surface area contributed by atoms with Crippen LogP contribution in [0.1, 0.15) is 55.0 Å². The van der Waals surface area contributed by atoms with E-state index in [0.717, 1.165) is 34.2 Å². The van der Waals surface area contributed by atoms with Crippen LogP contribution in [0.4, 0.5) is 0 Å². The average Bonchev–Trinajstić information content (AvgIpc) is 3.10. The summed E-state index contributed by atoms with van der Waals surface area (Å²) in [7, 11) is 0. The molecule has 2 aliphatic heterocycles. The van der Waals surface area contributed by atoms with Crippen molar-refractivity contribution in [3.05, 3.63) is 85.9 Å². The number of benzene rings is 1. The normalized spacial score (nSPS) is 16.3. The molecule has 210 valence electrons. The minimum absolute atomic E-state index is 0.0836. The van der Waals surface area contributed by atoms with Crippen molar-refractivity contribution in [2.75, 3.05) is 19.6 Å². The number of carbonyl (C=O) groups is 2. The van der Waals surface area contributed by atoms with E-state index < -0.39 is 5.69 Å². The first-order valence-corrected chi connectivity index (χ1v) is 14.1. The lowest BCUT2D eigenvalue weighted by atomic mass is 9.99. The average molecular weight is 544 g/mol. The number of aryl methyl sites for hydroxylation is 1. The number of aromatic nitrogens is 3. The summed E-state index contributed by atoms with van der Waals surface area (Å²) in [5.74, 6) is -0.0433. The van der Waals surface area contributed by atoms with Crippen LogP contribution >= 0.6 is 0 Å². The molecule has 4 heterocycles. The molecule has 0 bridgehead atoms. The number of carbonyl (C=O) groups excluding carboxylic acids is 2. The number of piperidine rings is 1. The largest absolute Gasteiger partial charge is 0.341 e. The summed E-state index contributed by atoms with van der Waals surface area (Å²) in [6, 6.07) is 7.42. The molecule has 3 aromatic rings. The van der Waals surface area contributed by atoms with Crippen molar-refractivity contribution < 1.29 is 9.59 Å². The Kier molecular flexibility index (Phi) is 7.74. The van der Waals surface area contributed by atoms with Gasteiger partial charge in [0.25, 0.3) is 5.56 Å². The maximum absolute atomic E-state index is 13.4. The molecule has 40 heavy (non-hydrogen) atoms. The zero-order valence-electron chi connectivity index (χ0n) is 23.7. The predicted octanol–water partition coefficient (Wildman–Crippen LogP) is 2.89. The third-order valence-electron chi connectivity index (χ3n) is 8.45. The number of amides is 2. The Bertz CT molecular complexity index is 1560. The summed E-state index contributed by atoms with van der Waals surface area (Å²) in [4.78, 5) is 61.1. The Hall–Kier alpha value is -4.01. The van der Waals surface area contributed by atoms with E-state index in [1.807, 2.05) is 49.2 Å². The van der Waals surface area contributed by atoms with E-state index in [9.17, 15) is 19.2 Å². The third kappa shape index (κ3) is 5.24. The van der Waals surface area contributed by atoms with Gasteiger partial charge in [0.1, 0.15) is 6.54 Å². The van der Waals surface area contributed by atoms with Crippen LogP contribution < -0.4 is 11.2 Å². The van der Waals surface area contributed by atoms with Gasteiger partial charge in [-0.25, -0.2) is 4.79 Å². The maximum atomic E-state index is 13.4. The SMILES string of the molecule is Cc1cccc(-c2cn(CC(=O)N3CCC(N4CCc5cnccc5CC4=O)CC3)c(=O)n(C(C)C)c2=O)c1C. The van der Waals surface area contributed by atoms with Crippen molar-refractivity contribution in [3.8, 4) is 11.1 Å². The molecule has 1 fully saturated rings. The van der Waals surface area contributed by atoms with Crippen molar-refractivity contribution in [2.45, 2.75) is 72.0 Å². The number of likely N-dealkylation sites (tertiary alicyclic amines) is 1. The fourth-order valence-electron chi connectivity index (χ4n) is 5.96. The Morgan fingerprint density at radius 3 is 2.48 bits per heavy atom. The standard InChI is InChI=1S/C31H37N5O4/c1-20(2)36-30(39)27(26-7-5-6-21(3)22(26)4)18-34(31(36)40)19-29(38)33-13-10-25(11-14-33)35-15-9-24-17-32-12-8-23(24)16-28(35)37/h5-8,12,17-18,20,25H,9-11,13-16,19H2,1-4H3. The number of pyridine rings is 1. The van der Waals surface area contributed by atoms with Crippen molar-refractivity contribution in [1.29, 1.82) is 0 Å². The van der Waals surface area contributed by atoms with Gasteiger partial charge in [-0.1, -0.05) is 18.2 Å². The lowest BCUT2D eigenvalue weighted by molar-refractivity contribution is -0.136. The summed E-state index contributed by atoms with van der Waals surface area (Å²) in [5, 5.41) is 0. The van der Waals surface area contributed by atoms with Crippen molar-refractivity contribution in [3.63, 3.8) is 0 Å². The number of rotatable bonds is 5. The highest BCUT2D eigenvalue weighted by atomic mass is 16.2. The van der Waals surface area contributed by atoms with E-state index in [1.54, 1.807) is 31.1 Å². The molecule has 0 aliphatic carbocycles. The molecule has 2 aliphatic rings. The monoisotopic (exact) mass is 543 g/mol. The highest BCUT2D eigenvalue weighted by Crippen LogP contribution is 2.24. The second-order valence-corrected chi connectivity index (χ2v) is 11.2. The number of nitrogens with zero attached hydrogens (tertiary/aromatic N) is 5. The van der Waals surface area contributed by atoms with Crippen molar-refractivity contribution >= 4 is 11.8 Å². The molecular formula is C31H37N5O4. The van der Waals surface area contributed by atoms with Gasteiger partial charge in [0, 0.05) is 50.3 Å². The first kappa shape index (κ1) is 27.6. The Labute approximate surface area is 234 Å². The van der Waals surface area contributed by atoms with Crippen LogP contribution in [0.2, 0.25) is 0 Å². The van der Waals surface area contributed by atoms with Crippen molar-refractivity contribution in [1.82, 2.24) is 23.9 Å². The summed E-state index contributed by atoms with van der Waals surface area (Å²) >= 11 is 0. The maximum Gasteiger partial charge on any atom is 0.331 e. The van der Waals surface area contributed by atoms with Gasteiger partial charge in [-0.2, -0.15) is 0 Å². The Morgan fingerprint density at radius 2 is 1.75 bits per heavy atom. The van der Waals surface area contributed by atoms with Gasteiger partial charge in [0.15, 0.2) is 0 Å². The third-order valence-corrected chi connectivity index (χ3v) is 8.45. The van der Waals surface area contributed by atoms with Crippen LogP contribution in [0.25, 0.3) is 11.1 Å². The lowest BCUT2D eigenvalue weighted by Crippen LogP contribution is -2.50. The van der Waals surface area contributed by atoms with Crippen LogP contribution in [0.3, 0.4) is 0 Å². The Balaban J connectivity index is 1.32. The molecule has 2 amide bonds. The molecule has 1 saturated heterocycles. The fourth-order valence-corrected chi connectivity index (χ4v) is 5.96. The van der Waals surface area contributed by atoms with Gasteiger partial charge in [-0.15, -0.1) is 0 Å². The van der Waals surface area contributed by atoms with Crippen LogP contribution in [-0.2, 0) is 29.0 Å². The van der Waals surface area contributed by atoms with Gasteiger partial charge in [0.2, 0.25) is 11.8 Å². The van der Waals surface area contributed by atoms with E-state index >= 15 is 0 Å². The summed E-state index contributed by atoms with van der Waals surface area (Å²) in [6.07, 6.45) is 7.68. The van der Waals surface area contributed by atoms with E-state index in [4.69, 9.17) is 0 Å². The first-order valence-electron chi connectivity index (χ1n) is 14.1. The lowest BCUT2D eigenvalue weighted by Gasteiger charge is -2.38. The summed E-state index contributed by atoms with van der Waals surface area (Å²) in [5.41, 5.74) is 4.53. The molecule has 5 rings (SSSR count). The minimum Gasteiger partial charge on any atom is -0.341 e. The minimum atomic E-state index is -0.485. The van der Waals surface area contributed by atoms with Crippen LogP contribution in [0.5, 0.6) is 0 Å². The molecule has 0 spiro atoms. The molecule has 2 aromatic heterocycles. The van der Waals surface area contributed by atoms with E-state index in [0.29, 0.717) is 44.5 Å². The smallest absolute Gasteiger partial charge is 0.331 e. The molecule has 0 unspecified atom stereocenters. The highest BCUT2D eigenvalue weighted by Gasteiger charge is 2.31. The second-order valence-electron chi connectivity index (χ2n) is 11.2. The molecule has 0 atom stereocenters. The number of hydrogen-bond acceptors (Lipinski definition) is 5. The summed E-state index contributed by atoms with van der Waals surface area (Å²) < 4.78 is 2.60. The molecular weight excluding hydrogens is 506 g/mol. The molecule has 9 nitrogen and oxygen atoms in total. The van der Waals surface area contributed by atoms with Gasteiger partial charge >= 0.3 is 5.69 Å². The van der Waals surface area contributed by atoms with Crippen molar-refractivity contribution in [2.24, 2.45) is 0 Å². The quantitative estimate of drug-likeness (QED) is 0.493. The topological polar surface area (TPSA) is 97.5 Å². The fraction of sp³-hybridized carbons (Fsp3) is 0.452. The van der Waals surface area contributed by atoms with E-state index in [1.165, 1.54) is 9.13 Å². The Morgan fingerprint density at radius 1 is 1.00 bits per heavy atom. The molecule has 0 N–H and O–H groups in total. The van der Waals surface area contributed by atoms with Gasteiger partial charge in [0.05, 0.1) is 12.0 Å². The van der Waals surface area contributed by atoms with E-state index in [-0.39, 0.29) is 36.0 Å². The molecule has 0 saturated carbocycles. The number of fused-ring (bicyclic) bond motifs is 1. The van der Waals surface area contributed by atoms with Gasteiger partial charge in [-0.3, -0.25) is 28.5 Å². The van der Waals surface area contributed by atoms with E-state index in [2.05, 4.69) is 4.98 Å². The van der Waals surface area contributed by atoms with Gasteiger partial charge < -0.3 is 9.80 Å². The second kappa shape index (κ2) is 11.2. The molecule has 1 aromatic carbocycles. The van der Waals surface area contributed by atoms with Crippen LogP contribution in [-0.4, -0.2) is 61.4 Å². The predicted molar refractivity (Wildman–Crippen MR) is 153 cm³/mol. The van der Waals surface area contributed by atoms with Crippen LogP contribution in [0.15, 0.2) is 52.4 Å². The summed E-state index contributed by atoms with van der Waals surface area (Å²) in [6.45, 7) is 9.09. The molecule has 0 radical (unpaired) electrons. The highest BCUT2D eigenvalue weighted by molar-refractivity contribution is 5.80. The zero-order valence-corrected chi connectivity index (χ0v) is 23.7. The zero-order chi connectivity index (χ0) is 28.6. The number of hydrogen-bond donors (Lipinski definition) is 0. The van der Waals surface area contributed by atoms with Crippen LogP contribution in [0, 0.1) is 13.8 Å². The van der Waals surface area contributed by atoms with Gasteiger partial charge in [-0.05, 0) is 80.8 Å².